The van der Waals surface area contributed by atoms with Crippen molar-refractivity contribution in [2.45, 2.75) is 58.5 Å². The zero-order valence-electron chi connectivity index (χ0n) is 16.0. The van der Waals surface area contributed by atoms with E-state index in [4.69, 9.17) is 0 Å². The first kappa shape index (κ1) is 19.6. The molecule has 0 fully saturated rings. The molecule has 2 heterocycles. The molecule has 1 unspecified atom stereocenters. The zero-order valence-corrected chi connectivity index (χ0v) is 16.0. The fraction of sp³-hybridized carbons (Fsp3) is 0.722. The number of hydrogen-bond donors (Lipinski definition) is 2. The van der Waals surface area contributed by atoms with E-state index in [0.29, 0.717) is 21.9 Å². The minimum atomic E-state index is -0.592. The SMILES string of the molecule is C[C@@H](CCCC(C)(C)O)CCC[N+]1(C)C=Nc2c1c(=O)[nH]c(=O)n2C. The number of rotatable bonds is 8. The summed E-state index contributed by atoms with van der Waals surface area (Å²) in [6, 6.07) is 0. The lowest BCUT2D eigenvalue weighted by molar-refractivity contribution is 0.0669. The first-order valence-electron chi connectivity index (χ1n) is 9.00. The molecule has 0 amide bonds. The average molecular weight is 351 g/mol. The van der Waals surface area contributed by atoms with Crippen LogP contribution >= 0.6 is 0 Å². The van der Waals surface area contributed by atoms with E-state index in [1.165, 1.54) is 4.57 Å². The molecule has 0 aromatic carbocycles. The fourth-order valence-electron chi connectivity index (χ4n) is 3.41. The van der Waals surface area contributed by atoms with E-state index in [9.17, 15) is 14.7 Å². The van der Waals surface area contributed by atoms with E-state index < -0.39 is 11.3 Å². The van der Waals surface area contributed by atoms with Crippen molar-refractivity contribution in [1.29, 1.82) is 0 Å². The summed E-state index contributed by atoms with van der Waals surface area (Å²) in [6.45, 7) is 6.69. The van der Waals surface area contributed by atoms with Crippen molar-refractivity contribution < 1.29 is 5.11 Å². The Morgan fingerprint density at radius 3 is 2.60 bits per heavy atom. The van der Waals surface area contributed by atoms with E-state index in [0.717, 1.165) is 38.6 Å². The Morgan fingerprint density at radius 2 is 1.96 bits per heavy atom. The largest absolute Gasteiger partial charge is 0.390 e. The van der Waals surface area contributed by atoms with Gasteiger partial charge in [-0.25, -0.2) is 9.28 Å². The van der Waals surface area contributed by atoms with Crippen molar-refractivity contribution in [2.24, 2.45) is 18.0 Å². The van der Waals surface area contributed by atoms with E-state index in [1.807, 2.05) is 20.9 Å². The average Bonchev–Trinajstić information content (AvgIpc) is 2.82. The van der Waals surface area contributed by atoms with Gasteiger partial charge in [0.2, 0.25) is 11.5 Å². The number of nitrogens with one attached hydrogen (secondary N) is 1. The zero-order chi connectivity index (χ0) is 18.8. The van der Waals surface area contributed by atoms with Crippen LogP contribution < -0.4 is 15.7 Å². The van der Waals surface area contributed by atoms with Crippen LogP contribution in [0.1, 0.15) is 52.9 Å². The second-order valence-electron chi connectivity index (χ2n) is 8.18. The maximum atomic E-state index is 12.2. The van der Waals surface area contributed by atoms with E-state index in [2.05, 4.69) is 16.9 Å². The number of aliphatic imine (C=N–C) groups is 1. The molecule has 140 valence electrons. The second-order valence-corrected chi connectivity index (χ2v) is 8.18. The van der Waals surface area contributed by atoms with Crippen LogP contribution in [0.2, 0.25) is 0 Å². The molecule has 1 aromatic heterocycles. The van der Waals surface area contributed by atoms with Crippen molar-refractivity contribution in [3.05, 3.63) is 20.8 Å². The summed E-state index contributed by atoms with van der Waals surface area (Å²) in [7, 11) is 3.57. The molecule has 7 nitrogen and oxygen atoms in total. The quantitative estimate of drug-likeness (QED) is 0.703. The lowest BCUT2D eigenvalue weighted by atomic mass is 9.94. The van der Waals surface area contributed by atoms with Gasteiger partial charge < -0.3 is 5.11 Å². The van der Waals surface area contributed by atoms with Gasteiger partial charge in [-0.05, 0) is 39.0 Å². The highest BCUT2D eigenvalue weighted by Crippen LogP contribution is 2.32. The number of aromatic nitrogens is 2. The molecule has 1 aliphatic heterocycles. The first-order chi connectivity index (χ1) is 11.5. The second kappa shape index (κ2) is 7.25. The van der Waals surface area contributed by atoms with Gasteiger partial charge in [0.25, 0.3) is 0 Å². The van der Waals surface area contributed by atoms with Crippen molar-refractivity contribution >= 4 is 17.8 Å². The number of aromatic amines is 1. The summed E-state index contributed by atoms with van der Waals surface area (Å²) < 4.78 is 1.71. The number of quaternary nitrogens is 1. The maximum absolute atomic E-state index is 12.2. The van der Waals surface area contributed by atoms with Crippen LogP contribution in [0.3, 0.4) is 0 Å². The van der Waals surface area contributed by atoms with Gasteiger partial charge in [-0.15, -0.1) is 0 Å². The minimum absolute atomic E-state index is 0.329. The number of nitrogens with zero attached hydrogens (tertiary/aromatic N) is 3. The molecule has 0 radical (unpaired) electrons. The molecule has 0 aliphatic carbocycles. The van der Waals surface area contributed by atoms with Crippen LogP contribution in [-0.4, -0.2) is 40.2 Å². The summed E-state index contributed by atoms with van der Waals surface area (Å²) in [5, 5.41) is 9.77. The molecule has 25 heavy (non-hydrogen) atoms. The van der Waals surface area contributed by atoms with Gasteiger partial charge >= 0.3 is 11.2 Å². The highest BCUT2D eigenvalue weighted by atomic mass is 16.3. The molecule has 1 aromatic rings. The highest BCUT2D eigenvalue weighted by molar-refractivity contribution is 5.86. The molecule has 2 N–H and O–H groups in total. The first-order valence-corrected chi connectivity index (χ1v) is 9.00. The predicted octanol–water partition coefficient (Wildman–Crippen LogP) is 2.04. The van der Waals surface area contributed by atoms with Gasteiger partial charge in [0.05, 0.1) is 19.2 Å². The summed E-state index contributed by atoms with van der Waals surface area (Å²) in [5.74, 6) is 1.03. The Bertz CT molecular complexity index is 757. The maximum Gasteiger partial charge on any atom is 0.330 e. The van der Waals surface area contributed by atoms with Crippen LogP contribution in [0.15, 0.2) is 14.6 Å². The smallest absolute Gasteiger partial charge is 0.330 e. The molecule has 7 heteroatoms. The molecule has 0 saturated heterocycles. The van der Waals surface area contributed by atoms with Crippen LogP contribution in [-0.2, 0) is 7.05 Å². The van der Waals surface area contributed by atoms with Crippen LogP contribution in [0.4, 0.5) is 11.5 Å². The molecule has 0 bridgehead atoms. The van der Waals surface area contributed by atoms with Gasteiger partial charge in [-0.1, -0.05) is 19.8 Å². The van der Waals surface area contributed by atoms with Crippen molar-refractivity contribution in [3.63, 3.8) is 0 Å². The third kappa shape index (κ3) is 4.67. The van der Waals surface area contributed by atoms with E-state index in [-0.39, 0.29) is 5.56 Å². The molecule has 0 saturated carbocycles. The Kier molecular flexibility index (Phi) is 5.68. The van der Waals surface area contributed by atoms with Gasteiger partial charge in [0, 0.05) is 7.05 Å². The highest BCUT2D eigenvalue weighted by Gasteiger charge is 2.37. The lowest BCUT2D eigenvalue weighted by Gasteiger charge is -2.25. The lowest BCUT2D eigenvalue weighted by Crippen LogP contribution is -2.47. The molecular formula is C18H31N4O3+. The van der Waals surface area contributed by atoms with Crippen molar-refractivity contribution in [1.82, 2.24) is 14.0 Å². The normalized spacial score (nSPS) is 20.7. The number of aliphatic hydroxyl groups is 1. The number of H-pyrrole nitrogens is 1. The van der Waals surface area contributed by atoms with E-state index >= 15 is 0 Å². The monoisotopic (exact) mass is 351 g/mol. The molecule has 2 atom stereocenters. The van der Waals surface area contributed by atoms with Crippen LogP contribution in [0.25, 0.3) is 0 Å². The fourth-order valence-corrected chi connectivity index (χ4v) is 3.41. The number of hydrogen-bond acceptors (Lipinski definition) is 4. The third-order valence-electron chi connectivity index (χ3n) is 5.02. The van der Waals surface area contributed by atoms with Crippen LogP contribution in [0, 0.1) is 5.92 Å². The van der Waals surface area contributed by atoms with Crippen LogP contribution in [0.5, 0.6) is 0 Å². The third-order valence-corrected chi connectivity index (χ3v) is 5.02. The standard InChI is InChI=1S/C18H30N4O3/c1-13(8-6-10-18(2,3)25)9-7-11-22(5)12-19-15-14(22)16(23)20-17(24)21(15)4/h12-13,25H,6-11H2,1-5H3/p+1/t13-,22?/m0/s1. The van der Waals surface area contributed by atoms with Crippen molar-refractivity contribution in [3.8, 4) is 0 Å². The number of fused-ring (bicyclic) bond motifs is 1. The Hall–Kier alpha value is -1.73. The summed E-state index contributed by atoms with van der Waals surface area (Å²) >= 11 is 0. The van der Waals surface area contributed by atoms with Gasteiger partial charge in [-0.2, -0.15) is 4.99 Å². The topological polar surface area (TPSA) is 87.5 Å². The summed E-state index contributed by atoms with van der Waals surface area (Å²) in [5.41, 5.74) is -0.840. The predicted molar refractivity (Wildman–Crippen MR) is 102 cm³/mol. The van der Waals surface area contributed by atoms with Gasteiger partial charge in [-0.3, -0.25) is 14.3 Å². The molecule has 1 aliphatic rings. The Labute approximate surface area is 148 Å². The molecular weight excluding hydrogens is 320 g/mol. The van der Waals surface area contributed by atoms with E-state index in [1.54, 1.807) is 13.4 Å². The van der Waals surface area contributed by atoms with Gasteiger partial charge in [0.15, 0.2) is 6.34 Å². The molecule has 2 rings (SSSR count). The minimum Gasteiger partial charge on any atom is -0.390 e. The Morgan fingerprint density at radius 1 is 1.32 bits per heavy atom. The Balaban J connectivity index is 1.93. The molecule has 0 spiro atoms. The van der Waals surface area contributed by atoms with Crippen molar-refractivity contribution in [2.75, 3.05) is 13.6 Å². The summed E-state index contributed by atoms with van der Waals surface area (Å²) in [4.78, 5) is 30.6. The summed E-state index contributed by atoms with van der Waals surface area (Å²) in [6.07, 6.45) is 6.70. The van der Waals surface area contributed by atoms with Gasteiger partial charge in [0.1, 0.15) is 0 Å².